The van der Waals surface area contributed by atoms with Crippen LogP contribution in [0.25, 0.3) is 0 Å². The molecule has 0 spiro atoms. The van der Waals surface area contributed by atoms with Gasteiger partial charge in [0.2, 0.25) is 0 Å². The van der Waals surface area contributed by atoms with Crippen molar-refractivity contribution >= 4 is 5.91 Å². The van der Waals surface area contributed by atoms with E-state index in [1.54, 1.807) is 36.7 Å². The number of benzene rings is 1. The Labute approximate surface area is 143 Å². The lowest BCUT2D eigenvalue weighted by molar-refractivity contribution is 0.0938. The first-order chi connectivity index (χ1) is 12.2. The van der Waals surface area contributed by atoms with Gasteiger partial charge in [-0.1, -0.05) is 17.3 Å². The molecule has 25 heavy (non-hydrogen) atoms. The molecule has 0 aliphatic carbocycles. The minimum Gasteiger partial charge on any atom is -0.340 e. The van der Waals surface area contributed by atoms with E-state index in [1.165, 1.54) is 23.0 Å². The molecule has 8 heteroatoms. The number of pyridine rings is 1. The van der Waals surface area contributed by atoms with Crippen molar-refractivity contribution in [1.29, 1.82) is 0 Å². The normalized spacial score (nSPS) is 11.9. The summed E-state index contributed by atoms with van der Waals surface area (Å²) in [6.07, 6.45) is 4.81. The summed E-state index contributed by atoms with van der Waals surface area (Å²) in [5, 5.41) is 10.6. The van der Waals surface area contributed by atoms with Crippen LogP contribution in [0.4, 0.5) is 4.39 Å². The zero-order valence-corrected chi connectivity index (χ0v) is 13.3. The summed E-state index contributed by atoms with van der Waals surface area (Å²) in [5.41, 5.74) is 7.22. The smallest absolute Gasteiger partial charge is 0.274 e. The number of nitrogens with zero attached hydrogens (tertiary/aromatic N) is 4. The molecule has 1 amide bonds. The fraction of sp³-hybridized carbons (Fsp3) is 0.176. The lowest BCUT2D eigenvalue weighted by Gasteiger charge is -2.19. The van der Waals surface area contributed by atoms with Crippen LogP contribution in [-0.4, -0.2) is 32.4 Å². The molecule has 0 aliphatic rings. The number of amides is 1. The Morgan fingerprint density at radius 1 is 1.16 bits per heavy atom. The van der Waals surface area contributed by atoms with Crippen LogP contribution in [0.3, 0.4) is 0 Å². The largest absolute Gasteiger partial charge is 0.340 e. The molecular formula is C17H17FN6O. The van der Waals surface area contributed by atoms with Crippen LogP contribution in [0.15, 0.2) is 55.0 Å². The van der Waals surface area contributed by atoms with E-state index in [1.807, 2.05) is 0 Å². The van der Waals surface area contributed by atoms with E-state index < -0.39 is 6.04 Å². The first-order valence-corrected chi connectivity index (χ1v) is 7.74. The van der Waals surface area contributed by atoms with Gasteiger partial charge < -0.3 is 11.1 Å². The van der Waals surface area contributed by atoms with Gasteiger partial charge in [-0.2, -0.15) is 0 Å². The molecule has 3 rings (SSSR count). The third kappa shape index (κ3) is 4.04. The lowest BCUT2D eigenvalue weighted by atomic mass is 9.99. The summed E-state index contributed by atoms with van der Waals surface area (Å²) in [4.78, 5) is 16.5. The fourth-order valence-corrected chi connectivity index (χ4v) is 2.42. The average Bonchev–Trinajstić information content (AvgIpc) is 3.10. The predicted octanol–water partition coefficient (Wildman–Crippen LogP) is 1.29. The number of halogens is 1. The molecule has 3 N–H and O–H groups in total. The molecule has 2 heterocycles. The van der Waals surface area contributed by atoms with Crippen LogP contribution < -0.4 is 11.1 Å². The van der Waals surface area contributed by atoms with Gasteiger partial charge in [-0.25, -0.2) is 4.39 Å². The number of carbonyl (C=O) groups excluding carboxylic acids is 1. The molecule has 1 aromatic carbocycles. The lowest BCUT2D eigenvalue weighted by Crippen LogP contribution is -2.29. The second-order valence-corrected chi connectivity index (χ2v) is 5.39. The van der Waals surface area contributed by atoms with Crippen LogP contribution in [0.5, 0.6) is 0 Å². The van der Waals surface area contributed by atoms with Gasteiger partial charge in [0.15, 0.2) is 5.69 Å². The third-order valence-electron chi connectivity index (χ3n) is 3.65. The number of nitrogens with one attached hydrogen (secondary N) is 1. The van der Waals surface area contributed by atoms with E-state index in [-0.39, 0.29) is 17.4 Å². The van der Waals surface area contributed by atoms with Crippen molar-refractivity contribution in [3.05, 3.63) is 77.6 Å². The first-order valence-electron chi connectivity index (χ1n) is 7.74. The van der Waals surface area contributed by atoms with Gasteiger partial charge in [0, 0.05) is 18.9 Å². The minimum atomic E-state index is -0.462. The van der Waals surface area contributed by atoms with Crippen molar-refractivity contribution in [2.45, 2.75) is 12.6 Å². The van der Waals surface area contributed by atoms with Crippen LogP contribution in [-0.2, 0) is 6.54 Å². The SMILES string of the molecule is NCCn1cc(C(=O)N[C@@H](c2ccncc2)c2ccc(F)cc2)nn1. The molecule has 1 atom stereocenters. The number of nitrogens with two attached hydrogens (primary N) is 1. The highest BCUT2D eigenvalue weighted by molar-refractivity contribution is 5.92. The Morgan fingerprint density at radius 2 is 1.84 bits per heavy atom. The monoisotopic (exact) mass is 340 g/mol. The maximum Gasteiger partial charge on any atom is 0.274 e. The quantitative estimate of drug-likeness (QED) is 0.704. The van der Waals surface area contributed by atoms with Crippen molar-refractivity contribution in [1.82, 2.24) is 25.3 Å². The highest BCUT2D eigenvalue weighted by atomic mass is 19.1. The fourth-order valence-electron chi connectivity index (χ4n) is 2.42. The van der Waals surface area contributed by atoms with Crippen molar-refractivity contribution < 1.29 is 9.18 Å². The Bertz CT molecular complexity index is 834. The molecule has 0 saturated heterocycles. The number of carbonyl (C=O) groups is 1. The second-order valence-electron chi connectivity index (χ2n) is 5.39. The Hall–Kier alpha value is -3.13. The van der Waals surface area contributed by atoms with E-state index in [0.29, 0.717) is 13.1 Å². The zero-order chi connectivity index (χ0) is 17.6. The Balaban J connectivity index is 1.86. The van der Waals surface area contributed by atoms with E-state index in [0.717, 1.165) is 11.1 Å². The van der Waals surface area contributed by atoms with Gasteiger partial charge in [-0.05, 0) is 35.4 Å². The van der Waals surface area contributed by atoms with Gasteiger partial charge in [0.1, 0.15) is 5.82 Å². The Morgan fingerprint density at radius 3 is 2.52 bits per heavy atom. The maximum absolute atomic E-state index is 13.2. The summed E-state index contributed by atoms with van der Waals surface area (Å²) >= 11 is 0. The van der Waals surface area contributed by atoms with Crippen molar-refractivity contribution in [2.75, 3.05) is 6.54 Å². The van der Waals surface area contributed by atoms with Crippen LogP contribution >= 0.6 is 0 Å². The van der Waals surface area contributed by atoms with E-state index in [4.69, 9.17) is 5.73 Å². The van der Waals surface area contributed by atoms with Crippen molar-refractivity contribution in [2.24, 2.45) is 5.73 Å². The molecule has 2 aromatic heterocycles. The summed E-state index contributed by atoms with van der Waals surface area (Å²) < 4.78 is 14.7. The molecular weight excluding hydrogens is 323 g/mol. The van der Waals surface area contributed by atoms with Gasteiger partial charge in [0.25, 0.3) is 5.91 Å². The molecule has 0 fully saturated rings. The molecule has 128 valence electrons. The molecule has 0 unspecified atom stereocenters. The molecule has 0 aliphatic heterocycles. The van der Waals surface area contributed by atoms with Crippen molar-refractivity contribution in [3.8, 4) is 0 Å². The first kappa shape index (κ1) is 16.7. The van der Waals surface area contributed by atoms with Crippen LogP contribution in [0.1, 0.15) is 27.7 Å². The topological polar surface area (TPSA) is 98.7 Å². The summed E-state index contributed by atoms with van der Waals surface area (Å²) in [7, 11) is 0. The molecule has 0 bridgehead atoms. The maximum atomic E-state index is 13.2. The van der Waals surface area contributed by atoms with E-state index in [9.17, 15) is 9.18 Å². The highest BCUT2D eigenvalue weighted by Gasteiger charge is 2.20. The predicted molar refractivity (Wildman–Crippen MR) is 89.0 cm³/mol. The summed E-state index contributed by atoms with van der Waals surface area (Å²) in [6.45, 7) is 0.881. The molecule has 0 radical (unpaired) electrons. The van der Waals surface area contributed by atoms with Crippen molar-refractivity contribution in [3.63, 3.8) is 0 Å². The van der Waals surface area contributed by atoms with E-state index >= 15 is 0 Å². The highest BCUT2D eigenvalue weighted by Crippen LogP contribution is 2.22. The Kier molecular flexibility index (Phi) is 5.10. The van der Waals surface area contributed by atoms with E-state index in [2.05, 4.69) is 20.6 Å². The molecule has 0 saturated carbocycles. The average molecular weight is 340 g/mol. The van der Waals surface area contributed by atoms with Gasteiger partial charge in [-0.15, -0.1) is 5.10 Å². The standard InChI is InChI=1S/C17H17FN6O/c18-14-3-1-12(2-4-14)16(13-5-8-20-9-6-13)21-17(25)15-11-24(10-7-19)23-22-15/h1-6,8-9,11,16H,7,10,19H2,(H,21,25)/t16-/m1/s1. The van der Waals surface area contributed by atoms with Crippen LogP contribution in [0, 0.1) is 5.82 Å². The second kappa shape index (κ2) is 7.63. The number of hydrogen-bond acceptors (Lipinski definition) is 5. The number of hydrogen-bond donors (Lipinski definition) is 2. The van der Waals surface area contributed by atoms with Crippen LogP contribution in [0.2, 0.25) is 0 Å². The third-order valence-corrected chi connectivity index (χ3v) is 3.65. The molecule has 3 aromatic rings. The minimum absolute atomic E-state index is 0.189. The number of rotatable bonds is 6. The summed E-state index contributed by atoms with van der Waals surface area (Å²) in [6, 6.07) is 9.09. The van der Waals surface area contributed by atoms with Gasteiger partial charge >= 0.3 is 0 Å². The zero-order valence-electron chi connectivity index (χ0n) is 13.3. The number of aromatic nitrogens is 4. The van der Waals surface area contributed by atoms with Gasteiger partial charge in [-0.3, -0.25) is 14.5 Å². The molecule has 7 nitrogen and oxygen atoms in total. The summed E-state index contributed by atoms with van der Waals surface area (Å²) in [5.74, 6) is -0.720. The van der Waals surface area contributed by atoms with Gasteiger partial charge in [0.05, 0.1) is 18.8 Å².